The van der Waals surface area contributed by atoms with Gasteiger partial charge in [0.15, 0.2) is 40.1 Å². The van der Waals surface area contributed by atoms with Crippen LogP contribution < -0.4 is 67.4 Å². The molecule has 0 aliphatic carbocycles. The Hall–Kier alpha value is -15.3. The van der Waals surface area contributed by atoms with Crippen molar-refractivity contribution < 1.29 is 80.8 Å². The summed E-state index contributed by atoms with van der Waals surface area (Å²) in [6.07, 6.45) is 5.25. The van der Waals surface area contributed by atoms with Gasteiger partial charge in [0.25, 0.3) is 5.75 Å². The van der Waals surface area contributed by atoms with Crippen molar-refractivity contribution in [3.05, 3.63) is 277 Å². The molecule has 3 amide bonds. The molecule has 6 aromatic carbocycles. The number of nitrogen functional groups attached to an aromatic ring is 2. The Labute approximate surface area is 664 Å². The molecule has 600 valence electrons. The zero-order valence-electron chi connectivity index (χ0n) is 63.5. The zero-order chi connectivity index (χ0) is 83.7. The molecule has 0 aliphatic rings. The topological polar surface area (TPSA) is 485 Å². The molecule has 0 spiro atoms. The van der Waals surface area contributed by atoms with Crippen LogP contribution in [0.4, 0.5) is 54.6 Å². The molecule has 0 radical (unpaired) electrons. The molecule has 35 nitrogen and oxygen atoms in total. The van der Waals surface area contributed by atoms with Gasteiger partial charge in [-0.25, -0.2) is 38.9 Å². The van der Waals surface area contributed by atoms with Crippen molar-refractivity contribution in [2.75, 3.05) is 27.4 Å². The number of nitro groups is 2. The van der Waals surface area contributed by atoms with Gasteiger partial charge in [-0.1, -0.05) is 96.5 Å². The summed E-state index contributed by atoms with van der Waals surface area (Å²) in [5.41, 5.74) is 14.3. The van der Waals surface area contributed by atoms with Crippen LogP contribution >= 0.6 is 11.6 Å². The van der Waals surface area contributed by atoms with Crippen LogP contribution in [0.2, 0.25) is 5.02 Å². The number of hydrogen-bond acceptors (Lipinski definition) is 28. The van der Waals surface area contributed by atoms with Crippen molar-refractivity contribution in [3.63, 3.8) is 0 Å². The number of anilines is 5. The third kappa shape index (κ3) is 26.7. The van der Waals surface area contributed by atoms with E-state index in [0.717, 1.165) is 11.1 Å². The van der Waals surface area contributed by atoms with Gasteiger partial charge in [-0.05, 0) is 142 Å². The summed E-state index contributed by atoms with van der Waals surface area (Å²) in [4.78, 5) is 103. The first kappa shape index (κ1) is 84.7. The van der Waals surface area contributed by atoms with E-state index in [4.69, 9.17) is 74.5 Å². The highest BCUT2D eigenvalue weighted by atomic mass is 35.5. The first-order valence-electron chi connectivity index (χ1n) is 34.7. The minimum absolute atomic E-state index is 0.00646. The molecule has 116 heavy (non-hydrogen) atoms. The quantitative estimate of drug-likeness (QED) is 0.0161. The lowest BCUT2D eigenvalue weighted by atomic mass is 10.2. The van der Waals surface area contributed by atoms with Gasteiger partial charge in [0.1, 0.15) is 65.4 Å². The molecule has 0 atom stereocenters. The SMILES string of the molecule is CC(C)(C)OC(=O)Nc1cccc(Oc2ccnc(N)c2O)c1.CC(C)(C)OC(=O)Nc1cccc(Oc2ccnc([N+](=O)[O-])c2OCc2ccccc2)c1.CC(C)(C)OC(=O)Nc1cccc(Oc2ccnc3[nH]c(=O)oc23)c1.Nc1cccc(Oc2ccnc3[nH]c(=O)oc23)c1.O=[N+]([O-])c1nccc(Cl)c1OCc1ccccc1. The third-order valence-electron chi connectivity index (χ3n) is 14.2. The number of aromatic nitrogens is 7. The average Bonchev–Trinajstić information content (AvgIpc) is 1.70. The average molecular weight is 1610 g/mol. The van der Waals surface area contributed by atoms with Gasteiger partial charge in [-0.2, -0.15) is 0 Å². The van der Waals surface area contributed by atoms with Crippen LogP contribution in [0, 0.1) is 20.2 Å². The van der Waals surface area contributed by atoms with Crippen LogP contribution in [0.15, 0.2) is 237 Å². The highest BCUT2D eigenvalue weighted by Crippen LogP contribution is 2.40. The van der Waals surface area contributed by atoms with E-state index in [2.05, 4.69) is 50.8 Å². The van der Waals surface area contributed by atoms with Crippen molar-refractivity contribution in [2.24, 2.45) is 0 Å². The van der Waals surface area contributed by atoms with Gasteiger partial charge in [0.05, 0.1) is 5.02 Å². The second kappa shape index (κ2) is 39.1. The molecule has 7 heterocycles. The minimum atomic E-state index is -0.640. The number of nitrogens with two attached hydrogens (primary N) is 2. The van der Waals surface area contributed by atoms with E-state index in [-0.39, 0.29) is 69.8 Å². The maximum atomic E-state index is 12.0. The Morgan fingerprint density at radius 3 is 1.23 bits per heavy atom. The molecule has 10 N–H and O–H groups in total. The number of carbonyl (C=O) groups is 3. The number of halogens is 1. The standard InChI is InChI=1S/C23H23N3O6.C17H17N3O5.C16H19N3O4.C12H9ClN2O3.C12H9N3O3/c1-23(2,3)32-22(27)25-17-10-7-11-18(14-17)31-19-12-13-24-21(26(28)29)20(19)30-15-16-8-5-4-6-9-16;1-17(2,3)25-16(22)19-10-5-4-6-11(9-10)23-12-7-8-18-14-13(12)24-15(21)20-14;1-16(2,3)23-15(21)19-10-5-4-6-11(9-10)22-12-7-8-18-14(17)13(12)20;13-10-6-7-14-12(15(16)17)11(10)18-8-9-4-2-1-3-5-9;13-7-2-1-3-8(6-7)17-9-4-5-14-11-10(9)18-12(16)15-11/h4-14H,15H2,1-3H3,(H,25,27);4-9H,1-3H3,(H,19,22)(H,18,20,21);4-9,20H,1-3H3,(H2,17,18)(H,19,21);1-7H,8H2;1-6H,13H2,(H,14,15,16). The van der Waals surface area contributed by atoms with Crippen molar-refractivity contribution >= 4 is 92.5 Å². The number of benzene rings is 6. The first-order chi connectivity index (χ1) is 55.2. The molecule has 36 heteroatoms. The molecular formula is C80H77ClN14O21. The van der Waals surface area contributed by atoms with Gasteiger partial charge in [0.2, 0.25) is 22.7 Å². The lowest BCUT2D eigenvalue weighted by Crippen LogP contribution is -2.27. The van der Waals surface area contributed by atoms with E-state index in [9.17, 15) is 49.3 Å². The summed E-state index contributed by atoms with van der Waals surface area (Å²) < 4.78 is 59.5. The summed E-state index contributed by atoms with van der Waals surface area (Å²) in [6, 6.07) is 53.1. The van der Waals surface area contributed by atoms with Gasteiger partial charge in [0, 0.05) is 95.9 Å². The number of carbonyl (C=O) groups excluding carboxylic acids is 3. The fourth-order valence-electron chi connectivity index (χ4n) is 9.53. The van der Waals surface area contributed by atoms with Gasteiger partial charge >= 0.3 is 41.4 Å². The summed E-state index contributed by atoms with van der Waals surface area (Å²) >= 11 is 5.87. The Balaban J connectivity index is 0.000000168. The molecule has 13 rings (SSSR count). The molecule has 0 saturated heterocycles. The summed E-state index contributed by atoms with van der Waals surface area (Å²) in [5, 5.41) is 40.1. The molecular weight excluding hydrogens is 1530 g/mol. The summed E-state index contributed by atoms with van der Waals surface area (Å²) in [6.45, 7) is 16.3. The second-order valence-corrected chi connectivity index (χ2v) is 27.4. The van der Waals surface area contributed by atoms with Gasteiger partial charge < -0.3 is 88.3 Å². The van der Waals surface area contributed by atoms with E-state index >= 15 is 0 Å². The predicted molar refractivity (Wildman–Crippen MR) is 428 cm³/mol. The molecule has 7 aromatic heterocycles. The number of nitrogens with zero attached hydrogens (tertiary/aromatic N) is 7. The van der Waals surface area contributed by atoms with E-state index in [1.165, 1.54) is 49.2 Å². The second-order valence-electron chi connectivity index (χ2n) is 27.0. The number of amides is 3. The molecule has 0 unspecified atom stereocenters. The van der Waals surface area contributed by atoms with Crippen molar-refractivity contribution in [2.45, 2.75) is 92.3 Å². The predicted octanol–water partition coefficient (Wildman–Crippen LogP) is 18.0. The Morgan fingerprint density at radius 1 is 0.457 bits per heavy atom. The smallest absolute Gasteiger partial charge is 0.418 e. The van der Waals surface area contributed by atoms with E-state index in [0.29, 0.717) is 68.5 Å². The van der Waals surface area contributed by atoms with E-state index in [1.807, 2.05) is 60.7 Å². The zero-order valence-corrected chi connectivity index (χ0v) is 64.2. The molecule has 0 aliphatic heterocycles. The number of H-pyrrole nitrogens is 2. The largest absolute Gasteiger partial charge is 0.502 e. The van der Waals surface area contributed by atoms with Crippen molar-refractivity contribution in [1.82, 2.24) is 34.9 Å². The van der Waals surface area contributed by atoms with Gasteiger partial charge in [-0.15, -0.1) is 0 Å². The maximum absolute atomic E-state index is 12.0. The molecule has 0 bridgehead atoms. The number of ether oxygens (including phenoxy) is 9. The highest BCUT2D eigenvalue weighted by Gasteiger charge is 2.26. The van der Waals surface area contributed by atoms with Crippen LogP contribution in [0.5, 0.6) is 63.2 Å². The summed E-state index contributed by atoms with van der Waals surface area (Å²) in [5.74, 6) is 0.424. The van der Waals surface area contributed by atoms with Gasteiger partial charge in [-0.3, -0.25) is 25.9 Å². The highest BCUT2D eigenvalue weighted by molar-refractivity contribution is 6.32. The lowest BCUT2D eigenvalue weighted by molar-refractivity contribution is -0.390. The van der Waals surface area contributed by atoms with Crippen LogP contribution in [0.25, 0.3) is 22.5 Å². The van der Waals surface area contributed by atoms with Crippen LogP contribution in [-0.2, 0) is 27.4 Å². The van der Waals surface area contributed by atoms with Crippen molar-refractivity contribution in [1.29, 1.82) is 0 Å². The molecule has 13 aromatic rings. The number of aromatic hydroxyl groups is 1. The van der Waals surface area contributed by atoms with Crippen LogP contribution in [0.1, 0.15) is 73.4 Å². The number of hydrogen-bond donors (Lipinski definition) is 8. The van der Waals surface area contributed by atoms with Crippen molar-refractivity contribution in [3.8, 4) is 63.2 Å². The normalized spacial score (nSPS) is 10.8. The maximum Gasteiger partial charge on any atom is 0.418 e. The van der Waals surface area contributed by atoms with E-state index < -0.39 is 62.3 Å². The Morgan fingerprint density at radius 2 is 0.810 bits per heavy atom. The number of pyridine rings is 5. The fourth-order valence-corrected chi connectivity index (χ4v) is 9.72. The summed E-state index contributed by atoms with van der Waals surface area (Å²) in [7, 11) is 0. The van der Waals surface area contributed by atoms with E-state index in [1.54, 1.807) is 172 Å². The third-order valence-corrected chi connectivity index (χ3v) is 14.5. The Bertz CT molecular complexity index is 5690. The molecule has 0 fully saturated rings. The lowest BCUT2D eigenvalue weighted by Gasteiger charge is -2.19. The van der Waals surface area contributed by atoms with Crippen LogP contribution in [0.3, 0.4) is 0 Å². The first-order valence-corrected chi connectivity index (χ1v) is 35.1. The Kier molecular flexibility index (Phi) is 28.5. The molecule has 0 saturated carbocycles. The fraction of sp³-hybridized carbons (Fsp3) is 0.175. The minimum Gasteiger partial charge on any atom is -0.502 e. The number of rotatable bonds is 19. The monoisotopic (exact) mass is 1600 g/mol. The number of fused-ring (bicyclic) bond motifs is 2. The van der Waals surface area contributed by atoms with Crippen LogP contribution in [-0.4, -0.2) is 84.9 Å². The number of oxazole rings is 2. The number of nitrogens with one attached hydrogen (secondary N) is 5. The number of aromatic amines is 2.